The fourth-order valence-corrected chi connectivity index (χ4v) is 2.35. The maximum absolute atomic E-state index is 12.7. The van der Waals surface area contributed by atoms with Crippen molar-refractivity contribution in [3.63, 3.8) is 0 Å². The Kier molecular flexibility index (Phi) is 5.42. The summed E-state index contributed by atoms with van der Waals surface area (Å²) in [6.07, 6.45) is 0.311. The van der Waals surface area contributed by atoms with Gasteiger partial charge in [-0.05, 0) is 30.2 Å². The van der Waals surface area contributed by atoms with Gasteiger partial charge in [-0.15, -0.1) is 0 Å². The van der Waals surface area contributed by atoms with Crippen LogP contribution in [-0.4, -0.2) is 31.1 Å². The minimum atomic E-state index is -0.891. The molecule has 24 heavy (non-hydrogen) atoms. The van der Waals surface area contributed by atoms with Crippen molar-refractivity contribution in [2.24, 2.45) is 0 Å². The zero-order valence-electron chi connectivity index (χ0n) is 13.5. The molecule has 0 bridgehead atoms. The lowest BCUT2D eigenvalue weighted by molar-refractivity contribution is -0.136. The van der Waals surface area contributed by atoms with Gasteiger partial charge in [0.15, 0.2) is 5.78 Å². The molecule has 0 spiro atoms. The van der Waals surface area contributed by atoms with Crippen molar-refractivity contribution < 1.29 is 24.2 Å². The van der Waals surface area contributed by atoms with Crippen LogP contribution >= 0.6 is 0 Å². The van der Waals surface area contributed by atoms with Gasteiger partial charge in [-0.3, -0.25) is 9.59 Å². The number of carboxylic acid groups (broad SMARTS) is 1. The number of benzene rings is 2. The second-order valence-corrected chi connectivity index (χ2v) is 5.20. The number of aryl methyl sites for hydroxylation is 1. The molecule has 0 radical (unpaired) electrons. The van der Waals surface area contributed by atoms with Crippen LogP contribution in [0.3, 0.4) is 0 Å². The fraction of sp³-hybridized carbons (Fsp3) is 0.222. The number of rotatable bonds is 7. The van der Waals surface area contributed by atoms with Gasteiger partial charge in [0.1, 0.15) is 11.5 Å². The maximum Gasteiger partial charge on any atom is 0.303 e. The molecule has 0 amide bonds. The summed E-state index contributed by atoms with van der Waals surface area (Å²) in [6, 6.07) is 9.83. The Morgan fingerprint density at radius 1 is 1.08 bits per heavy atom. The van der Waals surface area contributed by atoms with Crippen LogP contribution in [0.4, 0.5) is 5.69 Å². The highest BCUT2D eigenvalue weighted by atomic mass is 16.5. The Morgan fingerprint density at radius 2 is 1.83 bits per heavy atom. The molecule has 6 heteroatoms. The number of nitrogens with two attached hydrogens (primary N) is 1. The van der Waals surface area contributed by atoms with Gasteiger partial charge in [-0.2, -0.15) is 0 Å². The predicted octanol–water partition coefficient (Wildman–Crippen LogP) is 2.53. The number of methoxy groups -OCH3 is 2. The molecule has 0 unspecified atom stereocenters. The second-order valence-electron chi connectivity index (χ2n) is 5.20. The first-order valence-corrected chi connectivity index (χ1v) is 7.33. The van der Waals surface area contributed by atoms with Crippen LogP contribution in [0, 0.1) is 0 Å². The quantitative estimate of drug-likeness (QED) is 0.598. The number of hydrogen-bond acceptors (Lipinski definition) is 5. The molecule has 0 heterocycles. The van der Waals surface area contributed by atoms with E-state index in [1.165, 1.54) is 14.2 Å². The van der Waals surface area contributed by atoms with Crippen molar-refractivity contribution in [1.82, 2.24) is 0 Å². The lowest BCUT2D eigenvalue weighted by Crippen LogP contribution is -2.07. The average molecular weight is 329 g/mol. The summed E-state index contributed by atoms with van der Waals surface area (Å²) in [4.78, 5) is 23.3. The largest absolute Gasteiger partial charge is 0.497 e. The zero-order chi connectivity index (χ0) is 17.7. The van der Waals surface area contributed by atoms with Crippen LogP contribution in [0.5, 0.6) is 11.5 Å². The van der Waals surface area contributed by atoms with Gasteiger partial charge in [0.25, 0.3) is 0 Å². The van der Waals surface area contributed by atoms with E-state index in [4.69, 9.17) is 20.3 Å². The molecule has 2 rings (SSSR count). The van der Waals surface area contributed by atoms with E-state index in [0.717, 1.165) is 0 Å². The van der Waals surface area contributed by atoms with Crippen LogP contribution in [-0.2, 0) is 11.2 Å². The Bertz CT molecular complexity index is 770. The highest BCUT2D eigenvalue weighted by Gasteiger charge is 2.16. The zero-order valence-corrected chi connectivity index (χ0v) is 13.5. The van der Waals surface area contributed by atoms with Crippen LogP contribution < -0.4 is 15.2 Å². The first-order chi connectivity index (χ1) is 11.5. The van der Waals surface area contributed by atoms with Gasteiger partial charge < -0.3 is 20.3 Å². The molecular formula is C18H19NO5. The number of nitrogen functional groups attached to an aromatic ring is 1. The van der Waals surface area contributed by atoms with Crippen LogP contribution in [0.1, 0.15) is 27.9 Å². The van der Waals surface area contributed by atoms with Gasteiger partial charge in [-0.25, -0.2) is 0 Å². The van der Waals surface area contributed by atoms with Crippen molar-refractivity contribution in [2.45, 2.75) is 12.8 Å². The molecule has 0 aromatic heterocycles. The molecule has 0 aliphatic rings. The molecule has 126 valence electrons. The lowest BCUT2D eigenvalue weighted by atomic mass is 9.98. The number of carboxylic acids is 1. The van der Waals surface area contributed by atoms with Gasteiger partial charge in [0, 0.05) is 23.7 Å². The minimum absolute atomic E-state index is 0.0101. The fourth-order valence-electron chi connectivity index (χ4n) is 2.35. The van der Waals surface area contributed by atoms with Crippen molar-refractivity contribution in [3.8, 4) is 11.5 Å². The van der Waals surface area contributed by atoms with E-state index in [-0.39, 0.29) is 12.2 Å². The molecular weight excluding hydrogens is 310 g/mol. The van der Waals surface area contributed by atoms with Gasteiger partial charge in [0.05, 0.1) is 19.8 Å². The number of hydrogen-bond donors (Lipinski definition) is 2. The Hall–Kier alpha value is -3.02. The highest BCUT2D eigenvalue weighted by Crippen LogP contribution is 2.27. The van der Waals surface area contributed by atoms with Crippen molar-refractivity contribution in [2.75, 3.05) is 20.0 Å². The summed E-state index contributed by atoms with van der Waals surface area (Å²) in [5.41, 5.74) is 7.86. The Balaban J connectivity index is 2.30. The average Bonchev–Trinajstić information content (AvgIpc) is 2.59. The van der Waals surface area contributed by atoms with Gasteiger partial charge in [0.2, 0.25) is 0 Å². The monoisotopic (exact) mass is 329 g/mol. The van der Waals surface area contributed by atoms with Crippen molar-refractivity contribution in [1.29, 1.82) is 0 Å². The molecule has 0 fully saturated rings. The third kappa shape index (κ3) is 3.84. The summed E-state index contributed by atoms with van der Waals surface area (Å²) in [6.45, 7) is 0. The number of ketones is 1. The second kappa shape index (κ2) is 7.50. The molecule has 0 saturated heterocycles. The van der Waals surface area contributed by atoms with Gasteiger partial charge >= 0.3 is 5.97 Å². The first kappa shape index (κ1) is 17.3. The first-order valence-electron chi connectivity index (χ1n) is 7.33. The highest BCUT2D eigenvalue weighted by molar-refractivity contribution is 6.11. The number of carbonyl (C=O) groups is 2. The predicted molar refractivity (Wildman–Crippen MR) is 89.8 cm³/mol. The number of carbonyl (C=O) groups excluding carboxylic acids is 1. The molecule has 0 aliphatic carbocycles. The van der Waals surface area contributed by atoms with E-state index in [9.17, 15) is 9.59 Å². The topological polar surface area (TPSA) is 98.9 Å². The van der Waals surface area contributed by atoms with Crippen molar-refractivity contribution in [3.05, 3.63) is 53.1 Å². The van der Waals surface area contributed by atoms with Crippen LogP contribution in [0.25, 0.3) is 0 Å². The van der Waals surface area contributed by atoms with E-state index >= 15 is 0 Å². The van der Waals surface area contributed by atoms with E-state index in [2.05, 4.69) is 0 Å². The van der Waals surface area contributed by atoms with Gasteiger partial charge in [-0.1, -0.05) is 12.1 Å². The molecule has 6 nitrogen and oxygen atoms in total. The van der Waals surface area contributed by atoms with Crippen molar-refractivity contribution >= 4 is 17.4 Å². The number of ether oxygens (including phenoxy) is 2. The van der Waals surface area contributed by atoms with E-state index in [0.29, 0.717) is 40.3 Å². The summed E-state index contributed by atoms with van der Waals surface area (Å²) < 4.78 is 10.4. The minimum Gasteiger partial charge on any atom is -0.497 e. The SMILES string of the molecule is COc1ccc(C(=O)c2ccc(CCC(=O)O)c(N)c2)c(OC)c1. The van der Waals surface area contributed by atoms with E-state index < -0.39 is 5.97 Å². The normalized spacial score (nSPS) is 10.2. The lowest BCUT2D eigenvalue weighted by Gasteiger charge is -2.11. The molecule has 2 aromatic carbocycles. The maximum atomic E-state index is 12.7. The Labute approximate surface area is 139 Å². The summed E-state index contributed by atoms with van der Waals surface area (Å²) in [5, 5.41) is 8.74. The Morgan fingerprint density at radius 3 is 2.42 bits per heavy atom. The third-order valence-corrected chi connectivity index (χ3v) is 3.67. The molecule has 3 N–H and O–H groups in total. The molecule has 2 aromatic rings. The summed E-state index contributed by atoms with van der Waals surface area (Å²) in [7, 11) is 3.02. The van der Waals surface area contributed by atoms with Crippen LogP contribution in [0.2, 0.25) is 0 Å². The molecule has 0 aliphatic heterocycles. The number of anilines is 1. The standard InChI is InChI=1S/C18H19NO5/c1-23-13-6-7-14(16(10-13)24-2)18(22)12-4-3-11(15(19)9-12)5-8-17(20)21/h3-4,6-7,9-10H,5,8,19H2,1-2H3,(H,20,21). The molecule has 0 saturated carbocycles. The van der Waals surface area contributed by atoms with Crippen LogP contribution in [0.15, 0.2) is 36.4 Å². The molecule has 0 atom stereocenters. The third-order valence-electron chi connectivity index (χ3n) is 3.67. The smallest absolute Gasteiger partial charge is 0.303 e. The summed E-state index contributed by atoms with van der Waals surface area (Å²) in [5.74, 6) is -0.122. The van der Waals surface area contributed by atoms with E-state index in [1.807, 2.05) is 0 Å². The number of aliphatic carboxylic acids is 1. The summed E-state index contributed by atoms with van der Waals surface area (Å²) >= 11 is 0. The van der Waals surface area contributed by atoms with E-state index in [1.54, 1.807) is 36.4 Å².